The van der Waals surface area contributed by atoms with Gasteiger partial charge in [0.2, 0.25) is 11.8 Å². The lowest BCUT2D eigenvalue weighted by Crippen LogP contribution is -2.56. The van der Waals surface area contributed by atoms with Gasteiger partial charge >= 0.3 is 6.09 Å². The second kappa shape index (κ2) is 15.1. The Morgan fingerprint density at radius 1 is 0.686 bits per heavy atom. The van der Waals surface area contributed by atoms with Crippen LogP contribution in [-0.4, -0.2) is 136 Å². The molecule has 0 aromatic carbocycles. The number of carbonyl (C=O) groups excluding carboxylic acids is 3. The molecule has 10 heteroatoms. The summed E-state index contributed by atoms with van der Waals surface area (Å²) in [7, 11) is 0. The molecule has 2 unspecified atom stereocenters. The SMILES string of the molecule is CC(C)(C)OC(=O)N1CCC(C)(N2CCC(N3C(=O)C[C@H]4CCCC[C@@H]43)CC2)C1.CC1(N2CCC(N3C(=O)C[C@H]4CCCC[C@@H]43)CC2)CCNC1. The van der Waals surface area contributed by atoms with E-state index in [0.717, 1.165) is 71.4 Å². The second-order valence-electron chi connectivity index (χ2n) is 19.2. The van der Waals surface area contributed by atoms with Crippen molar-refractivity contribution in [1.29, 1.82) is 0 Å². The van der Waals surface area contributed by atoms with E-state index < -0.39 is 5.60 Å². The van der Waals surface area contributed by atoms with Crippen molar-refractivity contribution >= 4 is 17.9 Å². The fourth-order valence-electron chi connectivity index (χ4n) is 11.7. The van der Waals surface area contributed by atoms with Crippen LogP contribution in [0.3, 0.4) is 0 Å². The van der Waals surface area contributed by atoms with Gasteiger partial charge in [-0.25, -0.2) is 4.79 Å². The van der Waals surface area contributed by atoms with Crippen LogP contribution in [0, 0.1) is 11.8 Å². The van der Waals surface area contributed by atoms with Crippen molar-refractivity contribution in [2.45, 2.75) is 178 Å². The zero-order chi connectivity index (χ0) is 36.0. The highest BCUT2D eigenvalue weighted by Gasteiger charge is 2.48. The predicted molar refractivity (Wildman–Crippen MR) is 200 cm³/mol. The Hall–Kier alpha value is -1.91. The summed E-state index contributed by atoms with van der Waals surface area (Å²) >= 11 is 0. The average Bonchev–Trinajstić information content (AvgIpc) is 3.88. The molecule has 3 amide bonds. The normalized spacial score (nSPS) is 37.4. The van der Waals surface area contributed by atoms with Gasteiger partial charge in [0, 0.05) is 93.9 Å². The fourth-order valence-corrected chi connectivity index (χ4v) is 11.7. The first kappa shape index (κ1) is 37.4. The van der Waals surface area contributed by atoms with Gasteiger partial charge in [-0.2, -0.15) is 0 Å². The van der Waals surface area contributed by atoms with E-state index >= 15 is 0 Å². The van der Waals surface area contributed by atoms with E-state index in [2.05, 4.69) is 38.8 Å². The van der Waals surface area contributed by atoms with Gasteiger partial charge in [0.05, 0.1) is 0 Å². The summed E-state index contributed by atoms with van der Waals surface area (Å²) in [6, 6.07) is 2.03. The minimum absolute atomic E-state index is 0.0181. The van der Waals surface area contributed by atoms with Gasteiger partial charge in [-0.05, 0) is 117 Å². The third kappa shape index (κ3) is 7.99. The standard InChI is InChI=1S/C23H39N3O3.C18H31N3O/c1-22(2,3)29-21(28)24-14-11-23(4,16-24)25-12-9-18(10-13-25)26-19-8-6-5-7-17(19)15-20(26)27;1-18(8-9-19-13-18)20-10-6-15(7-11-20)21-16-5-3-2-4-14(16)12-17(21)22/h17-19H,5-16H2,1-4H3;14-16,19H,2-13H2,1H3/t17-,19+,23?;14-,16+,18?/m11/s1. The number of hydrogen-bond acceptors (Lipinski definition) is 7. The van der Waals surface area contributed by atoms with Gasteiger partial charge in [-0.1, -0.05) is 25.7 Å². The third-order valence-corrected chi connectivity index (χ3v) is 14.6. The molecule has 6 atom stereocenters. The minimum atomic E-state index is -0.451. The first-order chi connectivity index (χ1) is 24.3. The van der Waals surface area contributed by atoms with Crippen LogP contribution in [0.1, 0.15) is 137 Å². The summed E-state index contributed by atoms with van der Waals surface area (Å²) in [6.07, 6.45) is 18.4. The molecule has 10 nitrogen and oxygen atoms in total. The Labute approximate surface area is 308 Å². The van der Waals surface area contributed by atoms with Crippen LogP contribution in [0.4, 0.5) is 4.79 Å². The maximum atomic E-state index is 12.7. The number of fused-ring (bicyclic) bond motifs is 2. The van der Waals surface area contributed by atoms with E-state index in [1.54, 1.807) is 0 Å². The summed E-state index contributed by atoms with van der Waals surface area (Å²) in [6.45, 7) is 18.6. The molecule has 0 spiro atoms. The number of carbonyl (C=O) groups is 3. The topological polar surface area (TPSA) is 88.7 Å². The number of hydrogen-bond donors (Lipinski definition) is 1. The molecule has 1 N–H and O–H groups in total. The summed E-state index contributed by atoms with van der Waals surface area (Å²) in [5, 5.41) is 3.51. The van der Waals surface area contributed by atoms with Gasteiger partial charge in [0.1, 0.15) is 5.60 Å². The molecule has 8 aliphatic rings. The summed E-state index contributed by atoms with van der Waals surface area (Å²) in [5.74, 6) is 2.16. The Balaban J connectivity index is 0.000000165. The van der Waals surface area contributed by atoms with Crippen LogP contribution in [0.15, 0.2) is 0 Å². The Morgan fingerprint density at radius 2 is 1.18 bits per heavy atom. The van der Waals surface area contributed by atoms with E-state index in [9.17, 15) is 14.4 Å². The molecule has 8 fully saturated rings. The minimum Gasteiger partial charge on any atom is -0.444 e. The number of amides is 3. The van der Waals surface area contributed by atoms with Crippen LogP contribution in [0.5, 0.6) is 0 Å². The van der Waals surface area contributed by atoms with Crippen LogP contribution in [0.2, 0.25) is 0 Å². The molecule has 6 saturated heterocycles. The Kier molecular flexibility index (Phi) is 11.1. The van der Waals surface area contributed by atoms with Crippen molar-refractivity contribution < 1.29 is 19.1 Å². The number of nitrogens with one attached hydrogen (secondary N) is 1. The quantitative estimate of drug-likeness (QED) is 0.405. The van der Waals surface area contributed by atoms with Crippen LogP contribution >= 0.6 is 0 Å². The molecule has 6 heterocycles. The van der Waals surface area contributed by atoms with Crippen molar-refractivity contribution in [3.8, 4) is 0 Å². The lowest BCUT2D eigenvalue weighted by Gasteiger charge is -2.46. The smallest absolute Gasteiger partial charge is 0.410 e. The fraction of sp³-hybridized carbons (Fsp3) is 0.927. The number of rotatable bonds is 4. The van der Waals surface area contributed by atoms with Gasteiger partial charge in [0.15, 0.2) is 0 Å². The van der Waals surface area contributed by atoms with Gasteiger partial charge < -0.3 is 24.8 Å². The van der Waals surface area contributed by atoms with E-state index in [1.807, 2.05) is 25.7 Å². The molecule has 2 saturated carbocycles. The molecule has 6 aliphatic heterocycles. The maximum absolute atomic E-state index is 12.7. The molecular formula is C41H70N6O4. The van der Waals surface area contributed by atoms with E-state index in [0.29, 0.717) is 53.4 Å². The van der Waals surface area contributed by atoms with Gasteiger partial charge in [-0.3, -0.25) is 19.4 Å². The summed E-state index contributed by atoms with van der Waals surface area (Å²) in [4.78, 5) is 49.5. The number of ether oxygens (including phenoxy) is 1. The zero-order valence-corrected chi connectivity index (χ0v) is 32.8. The number of likely N-dealkylation sites (tertiary alicyclic amines) is 5. The van der Waals surface area contributed by atoms with Crippen LogP contribution < -0.4 is 5.32 Å². The number of piperidine rings is 2. The maximum Gasteiger partial charge on any atom is 0.410 e. The monoisotopic (exact) mass is 711 g/mol. The van der Waals surface area contributed by atoms with Gasteiger partial charge in [0.25, 0.3) is 0 Å². The van der Waals surface area contributed by atoms with Crippen molar-refractivity contribution in [2.75, 3.05) is 52.4 Å². The van der Waals surface area contributed by atoms with Gasteiger partial charge in [-0.15, -0.1) is 0 Å². The molecule has 51 heavy (non-hydrogen) atoms. The highest BCUT2D eigenvalue weighted by Crippen LogP contribution is 2.42. The molecule has 288 valence electrons. The van der Waals surface area contributed by atoms with Crippen molar-refractivity contribution in [3.05, 3.63) is 0 Å². The Bertz CT molecular complexity index is 1250. The van der Waals surface area contributed by atoms with E-state index in [-0.39, 0.29) is 11.6 Å². The van der Waals surface area contributed by atoms with E-state index in [1.165, 1.54) is 83.7 Å². The van der Waals surface area contributed by atoms with Crippen molar-refractivity contribution in [2.24, 2.45) is 11.8 Å². The third-order valence-electron chi connectivity index (χ3n) is 14.6. The van der Waals surface area contributed by atoms with E-state index in [4.69, 9.17) is 4.74 Å². The first-order valence-electron chi connectivity index (χ1n) is 21.1. The molecule has 0 radical (unpaired) electrons. The molecule has 2 aliphatic carbocycles. The summed E-state index contributed by atoms with van der Waals surface area (Å²) < 4.78 is 5.57. The predicted octanol–water partition coefficient (Wildman–Crippen LogP) is 5.64. The first-order valence-corrected chi connectivity index (χ1v) is 21.1. The van der Waals surface area contributed by atoms with Crippen molar-refractivity contribution in [3.63, 3.8) is 0 Å². The number of nitrogens with zero attached hydrogens (tertiary/aromatic N) is 5. The molecule has 0 aromatic rings. The molecular weight excluding hydrogens is 640 g/mol. The molecule has 0 bridgehead atoms. The Morgan fingerprint density at radius 3 is 1.65 bits per heavy atom. The lowest BCUT2D eigenvalue weighted by molar-refractivity contribution is -0.133. The average molecular weight is 711 g/mol. The van der Waals surface area contributed by atoms with Crippen LogP contribution in [-0.2, 0) is 14.3 Å². The largest absolute Gasteiger partial charge is 0.444 e. The molecule has 0 aromatic heterocycles. The van der Waals surface area contributed by atoms with Crippen molar-refractivity contribution in [1.82, 2.24) is 29.8 Å². The highest BCUT2D eigenvalue weighted by atomic mass is 16.6. The lowest BCUT2D eigenvalue weighted by atomic mass is 9.84. The zero-order valence-electron chi connectivity index (χ0n) is 32.8. The second-order valence-corrected chi connectivity index (χ2v) is 19.2. The molecule has 8 rings (SSSR count). The summed E-state index contributed by atoms with van der Waals surface area (Å²) in [5.41, 5.74) is -0.0781. The highest BCUT2D eigenvalue weighted by molar-refractivity contribution is 5.80. The van der Waals surface area contributed by atoms with Crippen LogP contribution in [0.25, 0.3) is 0 Å².